The molecule has 1 fully saturated rings. The molecule has 2 heterocycles. The molecule has 1 N–H and O–H groups in total. The second kappa shape index (κ2) is 6.17. The summed E-state index contributed by atoms with van der Waals surface area (Å²) in [6.07, 6.45) is 0.589. The van der Waals surface area contributed by atoms with E-state index in [2.05, 4.69) is 10.2 Å². The van der Waals surface area contributed by atoms with Crippen LogP contribution in [0.3, 0.4) is 0 Å². The number of nitrogens with zero attached hydrogens (tertiary/aromatic N) is 3. The molecular weight excluding hydrogens is 274 g/mol. The Balaban J connectivity index is 2.27. The number of aliphatic carboxylic acids is 1. The summed E-state index contributed by atoms with van der Waals surface area (Å²) < 4.78 is 5.22. The summed E-state index contributed by atoms with van der Waals surface area (Å²) in [5.41, 5.74) is 1.74. The maximum atomic E-state index is 12.6. The Morgan fingerprint density at radius 2 is 2.14 bits per heavy atom. The fourth-order valence-corrected chi connectivity index (χ4v) is 2.46. The van der Waals surface area contributed by atoms with Crippen LogP contribution in [0.1, 0.15) is 28.7 Å². The molecule has 7 nitrogen and oxygen atoms in total. The minimum Gasteiger partial charge on any atom is -0.481 e. The van der Waals surface area contributed by atoms with Crippen molar-refractivity contribution in [1.82, 2.24) is 15.1 Å². The largest absolute Gasteiger partial charge is 0.481 e. The first kappa shape index (κ1) is 15.4. The van der Waals surface area contributed by atoms with Crippen molar-refractivity contribution in [1.29, 1.82) is 0 Å². The van der Waals surface area contributed by atoms with E-state index in [1.807, 2.05) is 6.92 Å². The number of aryl methyl sites for hydroxylation is 2. The summed E-state index contributed by atoms with van der Waals surface area (Å²) in [5.74, 6) is -1.89. The van der Waals surface area contributed by atoms with Gasteiger partial charge in [-0.1, -0.05) is 6.92 Å². The van der Waals surface area contributed by atoms with Gasteiger partial charge in [0.15, 0.2) is 0 Å². The summed E-state index contributed by atoms with van der Waals surface area (Å²) >= 11 is 0. The van der Waals surface area contributed by atoms with E-state index in [0.29, 0.717) is 23.4 Å². The molecule has 21 heavy (non-hydrogen) atoms. The number of hydrogen-bond donors (Lipinski definition) is 1. The zero-order chi connectivity index (χ0) is 15.6. The molecular formula is C14H19N3O4. The van der Waals surface area contributed by atoms with E-state index in [1.165, 1.54) is 4.90 Å². The van der Waals surface area contributed by atoms with Crippen LogP contribution >= 0.6 is 0 Å². The molecule has 1 aromatic heterocycles. The summed E-state index contributed by atoms with van der Waals surface area (Å²) in [6.45, 7) is 4.03. The molecule has 0 spiro atoms. The third-order valence-corrected chi connectivity index (χ3v) is 3.74. The van der Waals surface area contributed by atoms with Crippen LogP contribution in [-0.4, -0.2) is 58.4 Å². The van der Waals surface area contributed by atoms with Gasteiger partial charge in [-0.05, 0) is 19.4 Å². The van der Waals surface area contributed by atoms with Crippen LogP contribution in [0.2, 0.25) is 0 Å². The lowest BCUT2D eigenvalue weighted by molar-refractivity contribution is -0.142. The lowest BCUT2D eigenvalue weighted by atomic mass is 10.0. The summed E-state index contributed by atoms with van der Waals surface area (Å²) in [7, 11) is 1.60. The van der Waals surface area contributed by atoms with Crippen LogP contribution in [0.4, 0.5) is 0 Å². The van der Waals surface area contributed by atoms with Gasteiger partial charge in [0, 0.05) is 7.05 Å². The van der Waals surface area contributed by atoms with Crippen LogP contribution in [-0.2, 0) is 16.0 Å². The van der Waals surface area contributed by atoms with Crippen molar-refractivity contribution in [3.8, 4) is 0 Å². The molecule has 1 amide bonds. The topological polar surface area (TPSA) is 92.6 Å². The number of carboxylic acids is 1. The molecule has 7 heteroatoms. The van der Waals surface area contributed by atoms with Crippen molar-refractivity contribution in [2.45, 2.75) is 26.3 Å². The van der Waals surface area contributed by atoms with Crippen LogP contribution in [0, 0.1) is 12.8 Å². The highest BCUT2D eigenvalue weighted by Gasteiger charge is 2.39. The number of carbonyl (C=O) groups excluding carboxylic acids is 1. The molecule has 2 unspecified atom stereocenters. The van der Waals surface area contributed by atoms with Crippen molar-refractivity contribution in [2.75, 3.05) is 20.3 Å². The predicted octanol–water partition coefficient (Wildman–Crippen LogP) is 0.519. The number of hydrogen-bond acceptors (Lipinski definition) is 5. The first-order valence-corrected chi connectivity index (χ1v) is 6.86. The average molecular weight is 293 g/mol. The van der Waals surface area contributed by atoms with E-state index in [1.54, 1.807) is 20.0 Å². The van der Waals surface area contributed by atoms with E-state index in [0.717, 1.165) is 0 Å². The van der Waals surface area contributed by atoms with E-state index in [4.69, 9.17) is 4.74 Å². The number of rotatable bonds is 4. The number of aromatic nitrogens is 2. The lowest BCUT2D eigenvalue weighted by Crippen LogP contribution is -2.44. The van der Waals surface area contributed by atoms with Crippen molar-refractivity contribution in [3.63, 3.8) is 0 Å². The molecule has 0 radical (unpaired) electrons. The van der Waals surface area contributed by atoms with E-state index >= 15 is 0 Å². The second-order valence-electron chi connectivity index (χ2n) is 5.17. The van der Waals surface area contributed by atoms with Gasteiger partial charge in [-0.2, -0.15) is 10.2 Å². The maximum Gasteiger partial charge on any atom is 0.311 e. The monoisotopic (exact) mass is 293 g/mol. The van der Waals surface area contributed by atoms with Gasteiger partial charge in [0.2, 0.25) is 0 Å². The summed E-state index contributed by atoms with van der Waals surface area (Å²) in [4.78, 5) is 25.3. The van der Waals surface area contributed by atoms with Gasteiger partial charge in [0.25, 0.3) is 5.91 Å². The Kier molecular flexibility index (Phi) is 4.52. The Hall–Kier alpha value is -2.02. The van der Waals surface area contributed by atoms with Gasteiger partial charge < -0.3 is 14.7 Å². The van der Waals surface area contributed by atoms with Crippen LogP contribution in [0.15, 0.2) is 6.07 Å². The van der Waals surface area contributed by atoms with E-state index < -0.39 is 17.9 Å². The third-order valence-electron chi connectivity index (χ3n) is 3.74. The zero-order valence-electron chi connectivity index (χ0n) is 12.4. The van der Waals surface area contributed by atoms with Crippen LogP contribution < -0.4 is 0 Å². The highest BCUT2D eigenvalue weighted by molar-refractivity contribution is 5.95. The molecule has 1 saturated heterocycles. The van der Waals surface area contributed by atoms with Crippen LogP contribution in [0.25, 0.3) is 0 Å². The van der Waals surface area contributed by atoms with Gasteiger partial charge in [0.05, 0.1) is 36.2 Å². The highest BCUT2D eigenvalue weighted by atomic mass is 16.5. The summed E-state index contributed by atoms with van der Waals surface area (Å²) in [5, 5.41) is 17.2. The average Bonchev–Trinajstić information content (AvgIpc) is 2.95. The van der Waals surface area contributed by atoms with Crippen molar-refractivity contribution in [2.24, 2.45) is 5.92 Å². The zero-order valence-corrected chi connectivity index (χ0v) is 12.4. The van der Waals surface area contributed by atoms with Crippen molar-refractivity contribution < 1.29 is 19.4 Å². The molecule has 114 valence electrons. The maximum absolute atomic E-state index is 12.6. The Labute approximate surface area is 122 Å². The molecule has 1 aliphatic heterocycles. The molecule has 0 aliphatic carbocycles. The molecule has 1 aromatic rings. The fraction of sp³-hybridized carbons (Fsp3) is 0.571. The first-order chi connectivity index (χ1) is 9.95. The normalized spacial score (nSPS) is 21.3. The van der Waals surface area contributed by atoms with Crippen molar-refractivity contribution >= 4 is 11.9 Å². The summed E-state index contributed by atoms with van der Waals surface area (Å²) in [6, 6.07) is 1.23. The lowest BCUT2D eigenvalue weighted by Gasteiger charge is -2.26. The molecule has 0 saturated carbocycles. The minimum absolute atomic E-state index is 0.131. The van der Waals surface area contributed by atoms with Gasteiger partial charge >= 0.3 is 5.97 Å². The first-order valence-electron chi connectivity index (χ1n) is 6.86. The number of carbonyl (C=O) groups is 2. The Bertz CT molecular complexity index is 561. The van der Waals surface area contributed by atoms with Gasteiger partial charge in [0.1, 0.15) is 5.92 Å². The Morgan fingerprint density at radius 3 is 2.76 bits per heavy atom. The Morgan fingerprint density at radius 1 is 1.43 bits per heavy atom. The second-order valence-corrected chi connectivity index (χ2v) is 5.17. The SMILES string of the molecule is CCc1nnc(C)cc1C(=O)N(C)C1COCC1C(=O)O. The van der Waals surface area contributed by atoms with Crippen molar-refractivity contribution in [3.05, 3.63) is 23.0 Å². The molecule has 2 rings (SSSR count). The molecule has 0 aromatic carbocycles. The highest BCUT2D eigenvalue weighted by Crippen LogP contribution is 2.21. The van der Waals surface area contributed by atoms with E-state index in [9.17, 15) is 14.7 Å². The van der Waals surface area contributed by atoms with Gasteiger partial charge in [-0.3, -0.25) is 9.59 Å². The van der Waals surface area contributed by atoms with Crippen LogP contribution in [0.5, 0.6) is 0 Å². The smallest absolute Gasteiger partial charge is 0.311 e. The fourth-order valence-electron chi connectivity index (χ4n) is 2.46. The number of likely N-dealkylation sites (N-methyl/N-ethyl adjacent to an activating group) is 1. The molecule has 2 atom stereocenters. The van der Waals surface area contributed by atoms with Gasteiger partial charge in [-0.15, -0.1) is 0 Å². The number of amides is 1. The third kappa shape index (κ3) is 3.02. The standard InChI is InChI=1S/C14H19N3O4/c1-4-11-9(5-8(2)15-16-11)13(18)17(3)12-7-21-6-10(12)14(19)20/h5,10,12H,4,6-7H2,1-3H3,(H,19,20). The predicted molar refractivity (Wildman–Crippen MR) is 74.0 cm³/mol. The number of carboxylic acid groups (broad SMARTS) is 1. The number of ether oxygens (including phenoxy) is 1. The molecule has 1 aliphatic rings. The minimum atomic E-state index is -0.947. The molecule has 0 bridgehead atoms. The van der Waals surface area contributed by atoms with E-state index in [-0.39, 0.29) is 19.1 Å². The van der Waals surface area contributed by atoms with Gasteiger partial charge in [-0.25, -0.2) is 0 Å². The quantitative estimate of drug-likeness (QED) is 0.870.